The van der Waals surface area contributed by atoms with Crippen LogP contribution in [0.3, 0.4) is 0 Å². The largest absolute Gasteiger partial charge is 0.496 e. The van der Waals surface area contributed by atoms with E-state index in [0.29, 0.717) is 18.7 Å². The smallest absolute Gasteiger partial charge is 0.253 e. The Morgan fingerprint density at radius 1 is 0.969 bits per heavy atom. The molecule has 0 aliphatic carbocycles. The second kappa shape index (κ2) is 10.1. The SMILES string of the molecule is COc1ccccc1CNC(=O)c1cccc(C2CCCN(C(=O)c3ccccc3)C2)c1. The van der Waals surface area contributed by atoms with Crippen LogP contribution in [0.2, 0.25) is 0 Å². The molecule has 5 nitrogen and oxygen atoms in total. The standard InChI is InChI=1S/C27H28N2O3/c1-32-25-15-6-5-11-23(25)18-28-26(30)22-13-7-12-21(17-22)24-14-8-16-29(19-24)27(31)20-9-3-2-4-10-20/h2-7,9-13,15,17,24H,8,14,16,18-19H2,1H3,(H,28,30). The third-order valence-corrected chi connectivity index (χ3v) is 5.98. The highest BCUT2D eigenvalue weighted by Gasteiger charge is 2.26. The van der Waals surface area contributed by atoms with Crippen molar-refractivity contribution in [2.75, 3.05) is 20.2 Å². The van der Waals surface area contributed by atoms with E-state index in [1.165, 1.54) is 0 Å². The van der Waals surface area contributed by atoms with Gasteiger partial charge in [0.25, 0.3) is 11.8 Å². The fraction of sp³-hybridized carbons (Fsp3) is 0.259. The van der Waals surface area contributed by atoms with Crippen molar-refractivity contribution >= 4 is 11.8 Å². The summed E-state index contributed by atoms with van der Waals surface area (Å²) in [5.41, 5.74) is 3.38. The van der Waals surface area contributed by atoms with E-state index in [0.717, 1.165) is 41.8 Å². The van der Waals surface area contributed by atoms with Crippen LogP contribution in [-0.4, -0.2) is 36.9 Å². The topological polar surface area (TPSA) is 58.6 Å². The van der Waals surface area contributed by atoms with E-state index in [2.05, 4.69) is 11.4 Å². The van der Waals surface area contributed by atoms with Crippen LogP contribution < -0.4 is 10.1 Å². The molecule has 0 spiro atoms. The van der Waals surface area contributed by atoms with Crippen molar-refractivity contribution < 1.29 is 14.3 Å². The molecule has 1 aliphatic heterocycles. The van der Waals surface area contributed by atoms with E-state index in [-0.39, 0.29) is 17.7 Å². The van der Waals surface area contributed by atoms with Gasteiger partial charge in [-0.1, -0.05) is 48.5 Å². The maximum absolute atomic E-state index is 12.9. The lowest BCUT2D eigenvalue weighted by atomic mass is 9.89. The number of amides is 2. The number of carbonyl (C=O) groups excluding carboxylic acids is 2. The highest BCUT2D eigenvalue weighted by atomic mass is 16.5. The fourth-order valence-electron chi connectivity index (χ4n) is 4.26. The summed E-state index contributed by atoms with van der Waals surface area (Å²) in [7, 11) is 1.63. The van der Waals surface area contributed by atoms with E-state index < -0.39 is 0 Å². The highest BCUT2D eigenvalue weighted by Crippen LogP contribution is 2.28. The van der Waals surface area contributed by atoms with Gasteiger partial charge >= 0.3 is 0 Å². The summed E-state index contributed by atoms with van der Waals surface area (Å²) < 4.78 is 5.36. The third kappa shape index (κ3) is 4.99. The zero-order valence-corrected chi connectivity index (χ0v) is 18.3. The molecule has 164 valence electrons. The summed E-state index contributed by atoms with van der Waals surface area (Å²) in [5.74, 6) is 0.928. The van der Waals surface area contributed by atoms with Gasteiger partial charge in [0.1, 0.15) is 5.75 Å². The van der Waals surface area contributed by atoms with E-state index in [1.54, 1.807) is 7.11 Å². The van der Waals surface area contributed by atoms with Gasteiger partial charge in [0.15, 0.2) is 0 Å². The van der Waals surface area contributed by atoms with Gasteiger partial charge in [0.2, 0.25) is 0 Å². The first-order valence-electron chi connectivity index (χ1n) is 11.0. The van der Waals surface area contributed by atoms with Crippen molar-refractivity contribution in [3.8, 4) is 5.75 Å². The van der Waals surface area contributed by atoms with Crippen molar-refractivity contribution in [1.29, 1.82) is 0 Å². The lowest BCUT2D eigenvalue weighted by Gasteiger charge is -2.33. The molecule has 3 aromatic rings. The first kappa shape index (κ1) is 21.6. The molecular weight excluding hydrogens is 400 g/mol. The van der Waals surface area contributed by atoms with Crippen LogP contribution in [0.1, 0.15) is 50.6 Å². The summed E-state index contributed by atoms with van der Waals surface area (Å²) >= 11 is 0. The second-order valence-electron chi connectivity index (χ2n) is 8.08. The predicted octanol–water partition coefficient (Wildman–Crippen LogP) is 4.65. The number of piperidine rings is 1. The van der Waals surface area contributed by atoms with E-state index in [4.69, 9.17) is 4.74 Å². The van der Waals surface area contributed by atoms with Crippen molar-refractivity contribution in [1.82, 2.24) is 10.2 Å². The molecule has 1 atom stereocenters. The number of methoxy groups -OCH3 is 1. The van der Waals surface area contributed by atoms with Crippen molar-refractivity contribution in [2.24, 2.45) is 0 Å². The molecule has 0 radical (unpaired) electrons. The molecule has 1 aliphatic rings. The number of hydrogen-bond acceptors (Lipinski definition) is 3. The summed E-state index contributed by atoms with van der Waals surface area (Å²) in [6.45, 7) is 1.83. The molecule has 1 saturated heterocycles. The van der Waals surface area contributed by atoms with E-state index >= 15 is 0 Å². The Morgan fingerprint density at radius 3 is 2.53 bits per heavy atom. The van der Waals surface area contributed by atoms with Crippen molar-refractivity contribution in [2.45, 2.75) is 25.3 Å². The predicted molar refractivity (Wildman–Crippen MR) is 125 cm³/mol. The van der Waals surface area contributed by atoms with Crippen LogP contribution in [0, 0.1) is 0 Å². The van der Waals surface area contributed by atoms with Gasteiger partial charge < -0.3 is 15.0 Å². The van der Waals surface area contributed by atoms with Crippen LogP contribution in [0.25, 0.3) is 0 Å². The Morgan fingerprint density at radius 2 is 1.72 bits per heavy atom. The molecule has 3 aromatic carbocycles. The Bertz CT molecular complexity index is 1080. The zero-order valence-electron chi connectivity index (χ0n) is 18.3. The molecular formula is C27H28N2O3. The number of rotatable bonds is 6. The number of nitrogens with one attached hydrogen (secondary N) is 1. The average molecular weight is 429 g/mol. The summed E-state index contributed by atoms with van der Waals surface area (Å²) in [5, 5.41) is 2.99. The van der Waals surface area contributed by atoms with Gasteiger partial charge in [-0.25, -0.2) is 0 Å². The number of para-hydroxylation sites is 1. The Kier molecular flexibility index (Phi) is 6.85. The van der Waals surface area contributed by atoms with E-state index in [1.807, 2.05) is 77.7 Å². The minimum atomic E-state index is -0.120. The van der Waals surface area contributed by atoms with Crippen LogP contribution in [-0.2, 0) is 6.54 Å². The van der Waals surface area contributed by atoms with Gasteiger partial charge in [-0.15, -0.1) is 0 Å². The number of benzene rings is 3. The monoisotopic (exact) mass is 428 g/mol. The van der Waals surface area contributed by atoms with Crippen LogP contribution in [0.15, 0.2) is 78.9 Å². The number of hydrogen-bond donors (Lipinski definition) is 1. The summed E-state index contributed by atoms with van der Waals surface area (Å²) in [4.78, 5) is 27.6. The molecule has 32 heavy (non-hydrogen) atoms. The molecule has 0 aromatic heterocycles. The van der Waals surface area contributed by atoms with Crippen LogP contribution >= 0.6 is 0 Å². The Balaban J connectivity index is 1.43. The number of likely N-dealkylation sites (tertiary alicyclic amines) is 1. The molecule has 1 fully saturated rings. The first-order chi connectivity index (χ1) is 15.7. The first-order valence-corrected chi connectivity index (χ1v) is 11.0. The molecule has 1 heterocycles. The summed E-state index contributed by atoms with van der Waals surface area (Å²) in [6.07, 6.45) is 1.96. The fourth-order valence-corrected chi connectivity index (χ4v) is 4.26. The normalized spacial score (nSPS) is 15.8. The molecule has 1 N–H and O–H groups in total. The highest BCUT2D eigenvalue weighted by molar-refractivity contribution is 5.95. The lowest BCUT2D eigenvalue weighted by molar-refractivity contribution is 0.0706. The molecule has 0 saturated carbocycles. The second-order valence-corrected chi connectivity index (χ2v) is 8.08. The van der Waals surface area contributed by atoms with Gasteiger partial charge in [-0.05, 0) is 48.7 Å². The average Bonchev–Trinajstić information content (AvgIpc) is 2.87. The van der Waals surface area contributed by atoms with E-state index in [9.17, 15) is 9.59 Å². The summed E-state index contributed by atoms with van der Waals surface area (Å²) in [6, 6.07) is 24.8. The van der Waals surface area contributed by atoms with Crippen LogP contribution in [0.5, 0.6) is 5.75 Å². The Labute approximate surface area is 189 Å². The van der Waals surface area contributed by atoms with Gasteiger partial charge in [-0.3, -0.25) is 9.59 Å². The maximum Gasteiger partial charge on any atom is 0.253 e. The molecule has 5 heteroatoms. The van der Waals surface area contributed by atoms with Gasteiger partial charge in [0.05, 0.1) is 7.11 Å². The Hall–Kier alpha value is -3.60. The quantitative estimate of drug-likeness (QED) is 0.622. The molecule has 2 amide bonds. The molecule has 0 bridgehead atoms. The third-order valence-electron chi connectivity index (χ3n) is 5.98. The maximum atomic E-state index is 12.9. The molecule has 4 rings (SSSR count). The van der Waals surface area contributed by atoms with Gasteiger partial charge in [-0.2, -0.15) is 0 Å². The molecule has 1 unspecified atom stereocenters. The van der Waals surface area contributed by atoms with Gasteiger partial charge in [0, 0.05) is 42.2 Å². The minimum Gasteiger partial charge on any atom is -0.496 e. The van der Waals surface area contributed by atoms with Crippen LogP contribution in [0.4, 0.5) is 0 Å². The number of nitrogens with zero attached hydrogens (tertiary/aromatic N) is 1. The van der Waals surface area contributed by atoms with Crippen molar-refractivity contribution in [3.05, 3.63) is 101 Å². The lowest BCUT2D eigenvalue weighted by Crippen LogP contribution is -2.39. The van der Waals surface area contributed by atoms with Crippen molar-refractivity contribution in [3.63, 3.8) is 0 Å². The number of carbonyl (C=O) groups is 2. The minimum absolute atomic E-state index is 0.0704. The number of ether oxygens (including phenoxy) is 1. The zero-order chi connectivity index (χ0) is 22.3.